The van der Waals surface area contributed by atoms with Gasteiger partial charge in [-0.25, -0.2) is 0 Å². The van der Waals surface area contributed by atoms with Crippen LogP contribution in [-0.4, -0.2) is 42.0 Å². The molecule has 0 radical (unpaired) electrons. The Morgan fingerprint density at radius 3 is 2.90 bits per heavy atom. The average molecular weight is 293 g/mol. The van der Waals surface area contributed by atoms with Crippen molar-refractivity contribution in [2.24, 2.45) is 0 Å². The normalized spacial score (nSPS) is 18.2. The molecule has 2 N–H and O–H groups in total. The summed E-state index contributed by atoms with van der Waals surface area (Å²) in [5.74, 6) is -0.414. The molecule has 1 amide bonds. The third kappa shape index (κ3) is 3.69. The van der Waals surface area contributed by atoms with Crippen molar-refractivity contribution in [2.45, 2.75) is 25.4 Å². The smallest absolute Gasteiger partial charge is 0.282 e. The molecule has 0 aromatic heterocycles. The van der Waals surface area contributed by atoms with E-state index >= 15 is 0 Å². The number of likely N-dealkylation sites (N-methyl/N-ethyl adjacent to an activating group) is 1. The van der Waals surface area contributed by atoms with Crippen LogP contribution in [0.1, 0.15) is 29.6 Å². The lowest BCUT2D eigenvalue weighted by molar-refractivity contribution is -0.385. The number of nitrogens with two attached hydrogens (primary N) is 1. The molecule has 2 rings (SSSR count). The van der Waals surface area contributed by atoms with Crippen LogP contribution in [-0.2, 0) is 4.74 Å². The zero-order valence-electron chi connectivity index (χ0n) is 11.9. The number of benzene rings is 1. The first-order valence-corrected chi connectivity index (χ1v) is 6.90. The first kappa shape index (κ1) is 15.2. The second kappa shape index (κ2) is 6.53. The number of ether oxygens (including phenoxy) is 1. The standard InChI is InChI=1S/C14H19N3O4/c1-16(9-11-4-2-3-7-21-11)14(18)12-8-10(15)5-6-13(12)17(19)20/h5-6,8,11H,2-4,7,9,15H2,1H3. The van der Waals surface area contributed by atoms with Crippen molar-refractivity contribution in [3.63, 3.8) is 0 Å². The predicted molar refractivity (Wildman–Crippen MR) is 78.1 cm³/mol. The van der Waals surface area contributed by atoms with Crippen LogP contribution in [0.15, 0.2) is 18.2 Å². The number of hydrogen-bond donors (Lipinski definition) is 1. The highest BCUT2D eigenvalue weighted by Gasteiger charge is 2.25. The number of nitrogen functional groups attached to an aromatic ring is 1. The van der Waals surface area contributed by atoms with Crippen LogP contribution in [0.5, 0.6) is 0 Å². The summed E-state index contributed by atoms with van der Waals surface area (Å²) < 4.78 is 5.58. The van der Waals surface area contributed by atoms with Gasteiger partial charge >= 0.3 is 0 Å². The van der Waals surface area contributed by atoms with Crippen molar-refractivity contribution in [3.05, 3.63) is 33.9 Å². The van der Waals surface area contributed by atoms with Crippen molar-refractivity contribution in [1.82, 2.24) is 4.90 Å². The van der Waals surface area contributed by atoms with Crippen molar-refractivity contribution in [3.8, 4) is 0 Å². The predicted octanol–water partition coefficient (Wildman–Crippen LogP) is 1.82. The van der Waals surface area contributed by atoms with Gasteiger partial charge in [0.15, 0.2) is 0 Å². The summed E-state index contributed by atoms with van der Waals surface area (Å²) >= 11 is 0. The number of rotatable bonds is 4. The van der Waals surface area contributed by atoms with E-state index in [1.165, 1.54) is 23.1 Å². The van der Waals surface area contributed by atoms with Crippen molar-refractivity contribution in [1.29, 1.82) is 0 Å². The highest BCUT2D eigenvalue weighted by atomic mass is 16.6. The van der Waals surface area contributed by atoms with Crippen LogP contribution in [0.25, 0.3) is 0 Å². The SMILES string of the molecule is CN(CC1CCCCO1)C(=O)c1cc(N)ccc1[N+](=O)[O-]. The zero-order chi connectivity index (χ0) is 15.4. The Kier molecular flexibility index (Phi) is 4.74. The molecule has 21 heavy (non-hydrogen) atoms. The Morgan fingerprint density at radius 2 is 2.29 bits per heavy atom. The van der Waals surface area contributed by atoms with Gasteiger partial charge in [0.2, 0.25) is 0 Å². The summed E-state index contributed by atoms with van der Waals surface area (Å²) in [7, 11) is 1.62. The molecule has 1 aliphatic rings. The molecule has 7 nitrogen and oxygen atoms in total. The van der Waals surface area contributed by atoms with E-state index in [0.717, 1.165) is 19.3 Å². The van der Waals surface area contributed by atoms with Crippen LogP contribution in [0.3, 0.4) is 0 Å². The summed E-state index contributed by atoms with van der Waals surface area (Å²) in [6, 6.07) is 4.02. The van der Waals surface area contributed by atoms with E-state index in [9.17, 15) is 14.9 Å². The summed E-state index contributed by atoms with van der Waals surface area (Å²) in [6.45, 7) is 1.12. The number of nitro groups is 1. The molecule has 1 aliphatic heterocycles. The topological polar surface area (TPSA) is 98.7 Å². The molecule has 114 valence electrons. The zero-order valence-corrected chi connectivity index (χ0v) is 11.9. The van der Waals surface area contributed by atoms with Gasteiger partial charge < -0.3 is 15.4 Å². The molecule has 0 aliphatic carbocycles. The number of hydrogen-bond acceptors (Lipinski definition) is 5. The lowest BCUT2D eigenvalue weighted by Gasteiger charge is -2.27. The quantitative estimate of drug-likeness (QED) is 0.518. The first-order valence-electron chi connectivity index (χ1n) is 6.90. The van der Waals surface area contributed by atoms with E-state index < -0.39 is 10.8 Å². The van der Waals surface area contributed by atoms with E-state index in [1.54, 1.807) is 7.05 Å². The molecule has 1 fully saturated rings. The molecular formula is C14H19N3O4. The number of nitro benzene ring substituents is 1. The van der Waals surface area contributed by atoms with Crippen molar-refractivity contribution < 1.29 is 14.5 Å². The Balaban J connectivity index is 2.14. The van der Waals surface area contributed by atoms with Gasteiger partial charge in [-0.15, -0.1) is 0 Å². The maximum atomic E-state index is 12.4. The monoisotopic (exact) mass is 293 g/mol. The van der Waals surface area contributed by atoms with Gasteiger partial charge in [0.05, 0.1) is 11.0 Å². The lowest BCUT2D eigenvalue weighted by Crippen LogP contribution is -2.37. The Labute approximate surface area is 122 Å². The Bertz CT molecular complexity index is 541. The van der Waals surface area contributed by atoms with Crippen LogP contribution in [0.2, 0.25) is 0 Å². The minimum absolute atomic E-state index is 0.00665. The molecule has 1 saturated heterocycles. The third-order valence-corrected chi connectivity index (χ3v) is 3.55. The first-order chi connectivity index (χ1) is 9.99. The molecule has 7 heteroatoms. The number of carbonyl (C=O) groups excluding carboxylic acids is 1. The lowest BCUT2D eigenvalue weighted by atomic mass is 10.1. The molecule has 0 bridgehead atoms. The van der Waals surface area contributed by atoms with Crippen LogP contribution in [0.4, 0.5) is 11.4 Å². The number of amides is 1. The molecule has 0 saturated carbocycles. The average Bonchev–Trinajstić information content (AvgIpc) is 2.47. The second-order valence-corrected chi connectivity index (χ2v) is 5.21. The van der Waals surface area contributed by atoms with Crippen molar-refractivity contribution >= 4 is 17.3 Å². The maximum absolute atomic E-state index is 12.4. The third-order valence-electron chi connectivity index (χ3n) is 3.55. The number of nitrogens with zero attached hydrogens (tertiary/aromatic N) is 2. The van der Waals surface area contributed by atoms with Crippen LogP contribution in [0, 0.1) is 10.1 Å². The van der Waals surface area contributed by atoms with E-state index in [4.69, 9.17) is 10.5 Å². The summed E-state index contributed by atoms with van der Waals surface area (Å²) in [5, 5.41) is 11.0. The summed E-state index contributed by atoms with van der Waals surface area (Å²) in [5.41, 5.74) is 5.74. The van der Waals surface area contributed by atoms with E-state index in [-0.39, 0.29) is 17.4 Å². The Morgan fingerprint density at radius 1 is 1.52 bits per heavy atom. The fourth-order valence-corrected chi connectivity index (χ4v) is 2.43. The number of anilines is 1. The van der Waals surface area contributed by atoms with Gasteiger partial charge in [0, 0.05) is 32.0 Å². The van der Waals surface area contributed by atoms with Gasteiger partial charge in [-0.2, -0.15) is 0 Å². The molecule has 1 aromatic carbocycles. The molecule has 1 unspecified atom stereocenters. The van der Waals surface area contributed by atoms with Crippen molar-refractivity contribution in [2.75, 3.05) is 25.9 Å². The molecule has 1 aromatic rings. The van der Waals surface area contributed by atoms with Gasteiger partial charge in [0.25, 0.3) is 11.6 Å². The summed E-state index contributed by atoms with van der Waals surface area (Å²) in [6.07, 6.45) is 3.00. The second-order valence-electron chi connectivity index (χ2n) is 5.21. The molecule has 1 heterocycles. The fourth-order valence-electron chi connectivity index (χ4n) is 2.43. The largest absolute Gasteiger partial charge is 0.399 e. The summed E-state index contributed by atoms with van der Waals surface area (Å²) in [4.78, 5) is 24.3. The van der Waals surface area contributed by atoms with E-state index in [0.29, 0.717) is 18.8 Å². The Hall–Kier alpha value is -2.15. The van der Waals surface area contributed by atoms with Crippen LogP contribution < -0.4 is 5.73 Å². The molecular weight excluding hydrogens is 274 g/mol. The maximum Gasteiger partial charge on any atom is 0.282 e. The molecule has 0 spiro atoms. The van der Waals surface area contributed by atoms with E-state index in [2.05, 4.69) is 0 Å². The molecule has 1 atom stereocenters. The fraction of sp³-hybridized carbons (Fsp3) is 0.500. The van der Waals surface area contributed by atoms with Crippen LogP contribution >= 0.6 is 0 Å². The highest BCUT2D eigenvalue weighted by Crippen LogP contribution is 2.23. The van der Waals surface area contributed by atoms with Gasteiger partial charge in [0.1, 0.15) is 5.56 Å². The van der Waals surface area contributed by atoms with Gasteiger partial charge in [-0.1, -0.05) is 0 Å². The minimum Gasteiger partial charge on any atom is -0.399 e. The van der Waals surface area contributed by atoms with Gasteiger partial charge in [-0.3, -0.25) is 14.9 Å². The number of carbonyl (C=O) groups is 1. The van der Waals surface area contributed by atoms with Gasteiger partial charge in [-0.05, 0) is 31.4 Å². The highest BCUT2D eigenvalue weighted by molar-refractivity contribution is 5.98. The van der Waals surface area contributed by atoms with E-state index in [1.807, 2.05) is 0 Å². The minimum atomic E-state index is -0.572.